The Morgan fingerprint density at radius 1 is 0.982 bits per heavy atom. The first-order valence-electron chi connectivity index (χ1n) is 20.0. The Morgan fingerprint density at radius 3 is 2.39 bits per heavy atom. The maximum Gasteiger partial charge on any atom is 0.407 e. The fraction of sp³-hybridized carbons (Fsp3) is 0.500. The number of hydrogen-bond acceptors (Lipinski definition) is 9. The molecule has 6 atom stereocenters. The van der Waals surface area contributed by atoms with E-state index in [9.17, 15) is 14.4 Å². The van der Waals surface area contributed by atoms with Gasteiger partial charge in [0.2, 0.25) is 12.3 Å². The molecule has 6 unspecified atom stereocenters. The number of aromatic nitrogens is 4. The van der Waals surface area contributed by atoms with E-state index in [0.717, 1.165) is 71.8 Å². The molecule has 2 aromatic carbocycles. The number of alkyl carbamates (subject to hydrolysis) is 1. The van der Waals surface area contributed by atoms with Crippen LogP contribution in [0.4, 0.5) is 4.79 Å². The number of methoxy groups -OCH3 is 1. The van der Waals surface area contributed by atoms with E-state index in [2.05, 4.69) is 68.9 Å². The number of amides is 3. The summed E-state index contributed by atoms with van der Waals surface area (Å²) in [4.78, 5) is 58.0. The first-order valence-corrected chi connectivity index (χ1v) is 20.0. The van der Waals surface area contributed by atoms with Crippen molar-refractivity contribution in [1.29, 1.82) is 0 Å². The third kappa shape index (κ3) is 6.18. The van der Waals surface area contributed by atoms with Gasteiger partial charge in [0.1, 0.15) is 17.7 Å². The molecule has 5 aliphatic rings. The van der Waals surface area contributed by atoms with E-state index in [1.165, 1.54) is 23.8 Å². The Kier molecular flexibility index (Phi) is 9.45. The normalized spacial score (nSPS) is 25.3. The van der Waals surface area contributed by atoms with Gasteiger partial charge in [0.25, 0.3) is 0 Å². The van der Waals surface area contributed by atoms with Gasteiger partial charge in [-0.2, -0.15) is 0 Å². The quantitative estimate of drug-likeness (QED) is 0.143. The summed E-state index contributed by atoms with van der Waals surface area (Å²) in [5.41, 5.74) is 9.01. The summed E-state index contributed by atoms with van der Waals surface area (Å²) in [6.45, 7) is 8.17. The van der Waals surface area contributed by atoms with Gasteiger partial charge in [0, 0.05) is 30.6 Å². The Labute approximate surface area is 326 Å². The molecule has 294 valence electrons. The van der Waals surface area contributed by atoms with Crippen molar-refractivity contribution in [2.45, 2.75) is 88.9 Å². The molecule has 9 rings (SSSR count). The predicted octanol–water partition coefficient (Wildman–Crippen LogP) is 5.94. The summed E-state index contributed by atoms with van der Waals surface area (Å²) in [6.07, 6.45) is 8.36. The minimum atomic E-state index is -0.748. The number of ether oxygens (including phenoxy) is 3. The van der Waals surface area contributed by atoms with Crippen molar-refractivity contribution in [2.24, 2.45) is 11.8 Å². The fourth-order valence-electron chi connectivity index (χ4n) is 9.87. The Morgan fingerprint density at radius 2 is 1.68 bits per heavy atom. The van der Waals surface area contributed by atoms with Crippen LogP contribution in [0, 0.1) is 11.8 Å². The number of carbonyl (C=O) groups excluding carboxylic acids is 3. The second-order valence-electron chi connectivity index (χ2n) is 16.2. The fourth-order valence-corrected chi connectivity index (χ4v) is 9.87. The van der Waals surface area contributed by atoms with Gasteiger partial charge >= 0.3 is 6.09 Å². The SMILES string of the molecule is CCC1CC2NC1c1c(-c3cnc(C4CCCN4C(=O)C(NC(=O)OC)C(C)C)[nH]3)ccc(-c3ccc(-c4cnc(C5CC6(CN5C=O)OCCO6)[nH]4)cc3)c12. The topological polar surface area (TPSA) is 167 Å². The van der Waals surface area contributed by atoms with Crippen molar-refractivity contribution in [1.82, 2.24) is 40.4 Å². The van der Waals surface area contributed by atoms with E-state index in [4.69, 9.17) is 19.2 Å². The molecule has 1 spiro atoms. The van der Waals surface area contributed by atoms with Crippen LogP contribution in [-0.4, -0.2) is 93.4 Å². The van der Waals surface area contributed by atoms with Gasteiger partial charge in [0.15, 0.2) is 5.79 Å². The number of nitrogens with one attached hydrogen (secondary N) is 4. The largest absolute Gasteiger partial charge is 0.453 e. The molecular formula is C42H50N8O6. The van der Waals surface area contributed by atoms with Crippen LogP contribution >= 0.6 is 0 Å². The van der Waals surface area contributed by atoms with Crippen LogP contribution in [0.25, 0.3) is 33.6 Å². The average molecular weight is 763 g/mol. The van der Waals surface area contributed by atoms with Gasteiger partial charge < -0.3 is 44.6 Å². The zero-order valence-electron chi connectivity index (χ0n) is 32.3. The molecule has 2 aromatic heterocycles. The molecule has 4 fully saturated rings. The third-order valence-corrected chi connectivity index (χ3v) is 12.7. The molecule has 4 N–H and O–H groups in total. The summed E-state index contributed by atoms with van der Waals surface area (Å²) in [7, 11) is 1.31. The molecular weight excluding hydrogens is 713 g/mol. The number of carbonyl (C=O) groups is 3. The van der Waals surface area contributed by atoms with E-state index in [1.807, 2.05) is 31.1 Å². The van der Waals surface area contributed by atoms with Crippen molar-refractivity contribution < 1.29 is 28.6 Å². The smallest absolute Gasteiger partial charge is 0.407 e. The van der Waals surface area contributed by atoms with Gasteiger partial charge in [-0.3, -0.25) is 9.59 Å². The zero-order chi connectivity index (χ0) is 38.7. The number of nitrogens with zero attached hydrogens (tertiary/aromatic N) is 4. The highest BCUT2D eigenvalue weighted by Crippen LogP contribution is 2.55. The van der Waals surface area contributed by atoms with Crippen LogP contribution in [0.15, 0.2) is 48.8 Å². The zero-order valence-corrected chi connectivity index (χ0v) is 32.3. The molecule has 2 bridgehead atoms. The number of benzene rings is 2. The molecule has 0 saturated carbocycles. The third-order valence-electron chi connectivity index (χ3n) is 12.7. The average Bonchev–Trinajstić information content (AvgIpc) is 4.07. The number of rotatable bonds is 10. The summed E-state index contributed by atoms with van der Waals surface area (Å²) in [5.74, 6) is 1.04. The van der Waals surface area contributed by atoms with Crippen LogP contribution in [0.2, 0.25) is 0 Å². The van der Waals surface area contributed by atoms with Gasteiger partial charge in [-0.05, 0) is 58.9 Å². The highest BCUT2D eigenvalue weighted by atomic mass is 16.7. The molecule has 0 radical (unpaired) electrons. The van der Waals surface area contributed by atoms with Crippen LogP contribution in [-0.2, 0) is 23.8 Å². The Balaban J connectivity index is 0.984. The van der Waals surface area contributed by atoms with Crippen LogP contribution < -0.4 is 10.6 Å². The van der Waals surface area contributed by atoms with Crippen molar-refractivity contribution in [3.8, 4) is 33.6 Å². The molecule has 4 aromatic rings. The van der Waals surface area contributed by atoms with Crippen molar-refractivity contribution in [3.05, 3.63) is 71.6 Å². The maximum atomic E-state index is 13.8. The molecule has 5 aliphatic heterocycles. The first kappa shape index (κ1) is 36.6. The van der Waals surface area contributed by atoms with Gasteiger partial charge in [0.05, 0.1) is 62.7 Å². The molecule has 14 heteroatoms. The highest BCUT2D eigenvalue weighted by molar-refractivity contribution is 5.86. The van der Waals surface area contributed by atoms with Gasteiger partial charge in [-0.15, -0.1) is 0 Å². The summed E-state index contributed by atoms with van der Waals surface area (Å²) < 4.78 is 16.6. The summed E-state index contributed by atoms with van der Waals surface area (Å²) >= 11 is 0. The lowest BCUT2D eigenvalue weighted by Gasteiger charge is -2.30. The number of hydrogen-bond donors (Lipinski definition) is 4. The van der Waals surface area contributed by atoms with Crippen molar-refractivity contribution in [3.63, 3.8) is 0 Å². The molecule has 4 saturated heterocycles. The molecule has 3 amide bonds. The maximum absolute atomic E-state index is 13.8. The summed E-state index contributed by atoms with van der Waals surface area (Å²) in [5, 5.41) is 6.68. The molecule has 56 heavy (non-hydrogen) atoms. The summed E-state index contributed by atoms with van der Waals surface area (Å²) in [6, 6.07) is 12.4. The van der Waals surface area contributed by atoms with Crippen LogP contribution in [0.3, 0.4) is 0 Å². The Bertz CT molecular complexity index is 2120. The first-order chi connectivity index (χ1) is 27.2. The minimum absolute atomic E-state index is 0.103. The van der Waals surface area contributed by atoms with Crippen molar-refractivity contribution >= 4 is 18.4 Å². The van der Waals surface area contributed by atoms with E-state index < -0.39 is 17.9 Å². The lowest BCUT2D eigenvalue weighted by molar-refractivity contribution is -0.148. The number of likely N-dealkylation sites (tertiary alicyclic amines) is 2. The van der Waals surface area contributed by atoms with E-state index in [0.29, 0.717) is 38.6 Å². The van der Waals surface area contributed by atoms with E-state index in [-0.39, 0.29) is 36.0 Å². The highest BCUT2D eigenvalue weighted by Gasteiger charge is 2.50. The minimum Gasteiger partial charge on any atom is -0.453 e. The number of fused-ring (bicyclic) bond motifs is 5. The lowest BCUT2D eigenvalue weighted by atomic mass is 9.77. The van der Waals surface area contributed by atoms with Crippen LogP contribution in [0.5, 0.6) is 0 Å². The second kappa shape index (κ2) is 14.5. The molecule has 0 aliphatic carbocycles. The van der Waals surface area contributed by atoms with Gasteiger partial charge in [-0.25, -0.2) is 14.8 Å². The standard InChI is InChI=1S/C42H50N8O6/c1-5-24-17-29-34-27(25-8-10-26(11-9-25)30-19-43-39(46-30)33-18-42(21-49(33)22-51)55-15-16-56-42)12-13-28(35(34)37(24)45-29)31-20-44-38(47-31)32-7-6-14-50(32)40(52)36(23(2)3)48-41(53)54-4/h8-13,19-20,22-24,29,32-33,36-37,45H,5-7,14-18,21H2,1-4H3,(H,43,46)(H,44,47)(H,48,53). The number of aromatic amines is 2. The lowest BCUT2D eigenvalue weighted by Crippen LogP contribution is -2.51. The Hall–Kier alpha value is -5.05. The predicted molar refractivity (Wildman–Crippen MR) is 207 cm³/mol. The monoisotopic (exact) mass is 762 g/mol. The van der Waals surface area contributed by atoms with E-state index in [1.54, 1.807) is 4.90 Å². The number of imidazole rings is 2. The van der Waals surface area contributed by atoms with E-state index >= 15 is 0 Å². The molecule has 14 nitrogen and oxygen atoms in total. The second-order valence-corrected chi connectivity index (χ2v) is 16.2. The van der Waals surface area contributed by atoms with Crippen LogP contribution in [0.1, 0.15) is 99.8 Å². The van der Waals surface area contributed by atoms with Crippen molar-refractivity contribution in [2.75, 3.05) is 33.4 Å². The molecule has 7 heterocycles. The van der Waals surface area contributed by atoms with Gasteiger partial charge in [-0.1, -0.05) is 63.6 Å². The number of H-pyrrole nitrogens is 2.